The maximum atomic E-state index is 13.4. The first-order chi connectivity index (χ1) is 8.97. The van der Waals surface area contributed by atoms with Crippen LogP contribution in [0.15, 0.2) is 30.3 Å². The number of hydrogen-bond donors (Lipinski definition) is 1. The molecule has 2 aromatic rings. The van der Waals surface area contributed by atoms with Gasteiger partial charge in [-0.15, -0.1) is 0 Å². The SMILES string of the molecule is Nc1cc(F)c(OCc2ccc(F)cc2Cl)cc1F. The number of nitrogen functional groups attached to an aromatic ring is 1. The van der Waals surface area contributed by atoms with E-state index in [1.807, 2.05) is 0 Å². The summed E-state index contributed by atoms with van der Waals surface area (Å²) >= 11 is 5.78. The van der Waals surface area contributed by atoms with Crippen LogP contribution in [0.5, 0.6) is 5.75 Å². The zero-order valence-electron chi connectivity index (χ0n) is 9.59. The molecule has 0 atom stereocenters. The molecule has 0 aliphatic carbocycles. The minimum Gasteiger partial charge on any atom is -0.486 e. The van der Waals surface area contributed by atoms with Crippen LogP contribution in [0.4, 0.5) is 18.9 Å². The Balaban J connectivity index is 2.16. The molecule has 100 valence electrons. The Morgan fingerprint density at radius 3 is 2.47 bits per heavy atom. The lowest BCUT2D eigenvalue weighted by Gasteiger charge is -2.09. The lowest BCUT2D eigenvalue weighted by Crippen LogP contribution is -2.01. The topological polar surface area (TPSA) is 35.2 Å². The molecule has 0 heterocycles. The van der Waals surface area contributed by atoms with Gasteiger partial charge in [0.25, 0.3) is 0 Å². The van der Waals surface area contributed by atoms with E-state index in [0.717, 1.165) is 18.2 Å². The van der Waals surface area contributed by atoms with Gasteiger partial charge in [-0.3, -0.25) is 0 Å². The molecule has 2 N–H and O–H groups in total. The minimum absolute atomic E-state index is 0.112. The highest BCUT2D eigenvalue weighted by Gasteiger charge is 2.10. The monoisotopic (exact) mass is 287 g/mol. The van der Waals surface area contributed by atoms with Crippen molar-refractivity contribution >= 4 is 17.3 Å². The molecule has 2 nitrogen and oxygen atoms in total. The van der Waals surface area contributed by atoms with E-state index in [1.165, 1.54) is 12.1 Å². The summed E-state index contributed by atoms with van der Waals surface area (Å²) in [6, 6.07) is 5.40. The van der Waals surface area contributed by atoms with Gasteiger partial charge in [0.2, 0.25) is 0 Å². The first-order valence-electron chi connectivity index (χ1n) is 5.28. The molecular formula is C13H9ClF3NO. The van der Waals surface area contributed by atoms with Gasteiger partial charge in [0.1, 0.15) is 18.2 Å². The van der Waals surface area contributed by atoms with Crippen molar-refractivity contribution in [3.05, 3.63) is 58.4 Å². The van der Waals surface area contributed by atoms with Crippen molar-refractivity contribution in [2.45, 2.75) is 6.61 Å². The molecule has 0 aromatic heterocycles. The average Bonchev–Trinajstić information content (AvgIpc) is 2.34. The van der Waals surface area contributed by atoms with Crippen LogP contribution in [0.25, 0.3) is 0 Å². The number of ether oxygens (including phenoxy) is 1. The summed E-state index contributed by atoms with van der Waals surface area (Å²) in [4.78, 5) is 0. The van der Waals surface area contributed by atoms with Crippen LogP contribution in [-0.4, -0.2) is 0 Å². The number of halogens is 4. The molecule has 0 bridgehead atoms. The summed E-state index contributed by atoms with van der Waals surface area (Å²) < 4.78 is 44.5. The van der Waals surface area contributed by atoms with E-state index < -0.39 is 17.5 Å². The molecule has 0 spiro atoms. The Hall–Kier alpha value is -1.88. The van der Waals surface area contributed by atoms with Crippen LogP contribution < -0.4 is 10.5 Å². The van der Waals surface area contributed by atoms with Crippen molar-refractivity contribution in [3.8, 4) is 5.75 Å². The summed E-state index contributed by atoms with van der Waals surface area (Å²) in [5.74, 6) is -2.33. The van der Waals surface area contributed by atoms with Gasteiger partial charge in [0, 0.05) is 17.7 Å². The molecule has 0 saturated heterocycles. The largest absolute Gasteiger partial charge is 0.486 e. The molecule has 0 aliphatic heterocycles. The molecule has 0 radical (unpaired) electrons. The number of nitrogens with two attached hydrogens (primary N) is 1. The summed E-state index contributed by atoms with van der Waals surface area (Å²) in [5, 5.41) is 0.149. The molecule has 0 unspecified atom stereocenters. The van der Waals surface area contributed by atoms with Gasteiger partial charge in [-0.2, -0.15) is 0 Å². The zero-order chi connectivity index (χ0) is 14.0. The molecular weight excluding hydrogens is 279 g/mol. The number of hydrogen-bond acceptors (Lipinski definition) is 2. The Kier molecular flexibility index (Phi) is 3.85. The average molecular weight is 288 g/mol. The Morgan fingerprint density at radius 1 is 1.05 bits per heavy atom. The number of anilines is 1. The first kappa shape index (κ1) is 13.5. The highest BCUT2D eigenvalue weighted by atomic mass is 35.5. The predicted molar refractivity (Wildman–Crippen MR) is 66.5 cm³/mol. The predicted octanol–water partition coefficient (Wildman–Crippen LogP) is 3.92. The van der Waals surface area contributed by atoms with Crippen LogP contribution in [-0.2, 0) is 6.61 Å². The third kappa shape index (κ3) is 3.12. The second kappa shape index (κ2) is 5.40. The van der Waals surface area contributed by atoms with E-state index in [-0.39, 0.29) is 23.1 Å². The van der Waals surface area contributed by atoms with E-state index in [1.54, 1.807) is 0 Å². The van der Waals surface area contributed by atoms with Crippen LogP contribution in [0.3, 0.4) is 0 Å². The van der Waals surface area contributed by atoms with Gasteiger partial charge in [-0.1, -0.05) is 17.7 Å². The smallest absolute Gasteiger partial charge is 0.167 e. The van der Waals surface area contributed by atoms with E-state index in [4.69, 9.17) is 22.1 Å². The molecule has 0 fully saturated rings. The molecule has 0 aliphatic rings. The van der Waals surface area contributed by atoms with Crippen molar-refractivity contribution in [1.29, 1.82) is 0 Å². The van der Waals surface area contributed by atoms with Crippen LogP contribution in [0, 0.1) is 17.5 Å². The Morgan fingerprint density at radius 2 is 1.79 bits per heavy atom. The summed E-state index contributed by atoms with van der Waals surface area (Å²) in [5.41, 5.74) is 5.36. The quantitative estimate of drug-likeness (QED) is 0.869. The van der Waals surface area contributed by atoms with E-state index in [9.17, 15) is 13.2 Å². The summed E-state index contributed by atoms with van der Waals surface area (Å²) in [6.07, 6.45) is 0. The fourth-order valence-corrected chi connectivity index (χ4v) is 1.67. The maximum absolute atomic E-state index is 13.4. The molecule has 2 aromatic carbocycles. The van der Waals surface area contributed by atoms with Gasteiger partial charge < -0.3 is 10.5 Å². The standard InChI is InChI=1S/C13H9ClF3NO/c14-9-3-8(15)2-1-7(9)6-19-13-5-10(16)12(18)4-11(13)17/h1-5H,6,18H2. The normalized spacial score (nSPS) is 10.5. The van der Waals surface area contributed by atoms with Crippen molar-refractivity contribution in [2.75, 3.05) is 5.73 Å². The Labute approximate surface area is 112 Å². The Bertz CT molecular complexity index is 619. The third-order valence-corrected chi connectivity index (χ3v) is 2.80. The van der Waals surface area contributed by atoms with Crippen molar-refractivity contribution in [1.82, 2.24) is 0 Å². The maximum Gasteiger partial charge on any atom is 0.167 e. The minimum atomic E-state index is -0.780. The molecule has 19 heavy (non-hydrogen) atoms. The molecule has 6 heteroatoms. The van der Waals surface area contributed by atoms with Crippen LogP contribution in [0.1, 0.15) is 5.56 Å². The van der Waals surface area contributed by atoms with E-state index in [2.05, 4.69) is 0 Å². The van der Waals surface area contributed by atoms with E-state index >= 15 is 0 Å². The summed E-state index contributed by atoms with van der Waals surface area (Å²) in [7, 11) is 0. The number of rotatable bonds is 3. The van der Waals surface area contributed by atoms with Crippen molar-refractivity contribution < 1.29 is 17.9 Å². The van der Waals surface area contributed by atoms with Crippen LogP contribution in [0.2, 0.25) is 5.02 Å². The summed E-state index contributed by atoms with van der Waals surface area (Å²) in [6.45, 7) is -0.112. The highest BCUT2D eigenvalue weighted by molar-refractivity contribution is 6.31. The van der Waals surface area contributed by atoms with Gasteiger partial charge in [0.05, 0.1) is 10.7 Å². The number of benzene rings is 2. The molecule has 0 amide bonds. The molecule has 2 rings (SSSR count). The lowest BCUT2D eigenvalue weighted by molar-refractivity contribution is 0.288. The zero-order valence-corrected chi connectivity index (χ0v) is 10.3. The van der Waals surface area contributed by atoms with Crippen LogP contribution >= 0.6 is 11.6 Å². The van der Waals surface area contributed by atoms with Gasteiger partial charge in [-0.05, 0) is 12.1 Å². The third-order valence-electron chi connectivity index (χ3n) is 2.45. The highest BCUT2D eigenvalue weighted by Crippen LogP contribution is 2.25. The van der Waals surface area contributed by atoms with E-state index in [0.29, 0.717) is 5.56 Å². The fraction of sp³-hybridized carbons (Fsp3) is 0.0769. The second-order valence-corrected chi connectivity index (χ2v) is 4.24. The molecule has 0 saturated carbocycles. The van der Waals surface area contributed by atoms with Gasteiger partial charge in [0.15, 0.2) is 11.6 Å². The fourth-order valence-electron chi connectivity index (χ4n) is 1.45. The van der Waals surface area contributed by atoms with Gasteiger partial charge >= 0.3 is 0 Å². The van der Waals surface area contributed by atoms with Gasteiger partial charge in [-0.25, -0.2) is 13.2 Å². The van der Waals surface area contributed by atoms with Crippen molar-refractivity contribution in [3.63, 3.8) is 0 Å². The van der Waals surface area contributed by atoms with Crippen molar-refractivity contribution in [2.24, 2.45) is 0 Å². The second-order valence-electron chi connectivity index (χ2n) is 3.83. The first-order valence-corrected chi connectivity index (χ1v) is 5.66. The lowest BCUT2D eigenvalue weighted by atomic mass is 10.2.